The van der Waals surface area contributed by atoms with Crippen LogP contribution in [-0.4, -0.2) is 26.1 Å². The topological polar surface area (TPSA) is 48.0 Å². The van der Waals surface area contributed by atoms with E-state index in [2.05, 4.69) is 13.8 Å². The summed E-state index contributed by atoms with van der Waals surface area (Å²) in [6, 6.07) is 5.73. The van der Waals surface area contributed by atoms with Crippen LogP contribution in [0, 0.1) is 0 Å². The Morgan fingerprint density at radius 3 is 2.44 bits per heavy atom. The zero-order chi connectivity index (χ0) is 18.1. The summed E-state index contributed by atoms with van der Waals surface area (Å²) >= 11 is 0. The van der Waals surface area contributed by atoms with Crippen LogP contribution in [0.1, 0.15) is 52.4 Å². The maximum absolute atomic E-state index is 11.7. The lowest BCUT2D eigenvalue weighted by molar-refractivity contribution is -0.114. The smallest absolute Gasteiger partial charge is 0.163 e. The molecule has 5 nitrogen and oxygen atoms in total. The minimum absolute atomic E-state index is 0.145. The van der Waals surface area contributed by atoms with Crippen LogP contribution in [-0.2, 0) is 9.63 Å². The summed E-state index contributed by atoms with van der Waals surface area (Å²) in [4.78, 5) is 17.6. The van der Waals surface area contributed by atoms with Gasteiger partial charge in [-0.25, -0.2) is 5.06 Å². The van der Waals surface area contributed by atoms with Crippen molar-refractivity contribution in [2.45, 2.75) is 52.4 Å². The third-order valence-corrected chi connectivity index (χ3v) is 4.07. The first-order chi connectivity index (χ1) is 12.2. The molecule has 0 saturated carbocycles. The summed E-state index contributed by atoms with van der Waals surface area (Å²) in [6.45, 7) is 5.51. The SMILES string of the molecule is CCCCOc1cc(N(OCCCC)C2=CC(=O)CC2)ccc1OC. The molecule has 0 amide bonds. The molecular formula is C20H29NO4. The molecule has 0 unspecified atom stereocenters. The molecule has 0 atom stereocenters. The van der Waals surface area contributed by atoms with E-state index in [1.54, 1.807) is 18.2 Å². The fourth-order valence-electron chi connectivity index (χ4n) is 2.60. The van der Waals surface area contributed by atoms with Crippen LogP contribution < -0.4 is 14.5 Å². The van der Waals surface area contributed by atoms with E-state index in [1.165, 1.54) is 0 Å². The first-order valence-corrected chi connectivity index (χ1v) is 9.16. The molecule has 1 aromatic rings. The van der Waals surface area contributed by atoms with E-state index in [0.717, 1.165) is 37.1 Å². The number of hydroxylamine groups is 1. The lowest BCUT2D eigenvalue weighted by atomic mass is 10.2. The number of unbranched alkanes of at least 4 members (excludes halogenated alkanes) is 2. The molecule has 5 heteroatoms. The van der Waals surface area contributed by atoms with Crippen molar-refractivity contribution in [2.24, 2.45) is 0 Å². The van der Waals surface area contributed by atoms with Gasteiger partial charge in [-0.1, -0.05) is 26.7 Å². The van der Waals surface area contributed by atoms with E-state index in [0.29, 0.717) is 37.6 Å². The van der Waals surface area contributed by atoms with Gasteiger partial charge in [-0.2, -0.15) is 0 Å². The maximum Gasteiger partial charge on any atom is 0.163 e. The predicted octanol–water partition coefficient (Wildman–Crippen LogP) is 4.66. The number of benzene rings is 1. The Kier molecular flexibility index (Phi) is 7.79. The minimum Gasteiger partial charge on any atom is -0.493 e. The number of rotatable bonds is 11. The van der Waals surface area contributed by atoms with Crippen LogP contribution in [0.15, 0.2) is 30.0 Å². The Balaban J connectivity index is 2.23. The number of anilines is 1. The van der Waals surface area contributed by atoms with Gasteiger partial charge in [-0.3, -0.25) is 9.63 Å². The lowest BCUT2D eigenvalue weighted by Gasteiger charge is -2.25. The Bertz CT molecular complexity index is 597. The van der Waals surface area contributed by atoms with Crippen LogP contribution in [0.3, 0.4) is 0 Å². The number of nitrogens with zero attached hydrogens (tertiary/aromatic N) is 1. The van der Waals surface area contributed by atoms with E-state index in [9.17, 15) is 4.79 Å². The highest BCUT2D eigenvalue weighted by Crippen LogP contribution is 2.35. The molecular weight excluding hydrogens is 318 g/mol. The van der Waals surface area contributed by atoms with Gasteiger partial charge < -0.3 is 9.47 Å². The van der Waals surface area contributed by atoms with Gasteiger partial charge in [0.25, 0.3) is 0 Å². The van der Waals surface area contributed by atoms with Crippen molar-refractivity contribution in [3.8, 4) is 11.5 Å². The molecule has 0 spiro atoms. The first-order valence-electron chi connectivity index (χ1n) is 9.16. The van der Waals surface area contributed by atoms with Crippen molar-refractivity contribution < 1.29 is 19.1 Å². The van der Waals surface area contributed by atoms with Gasteiger partial charge >= 0.3 is 0 Å². The Morgan fingerprint density at radius 1 is 1.04 bits per heavy atom. The van der Waals surface area contributed by atoms with Crippen LogP contribution in [0.25, 0.3) is 0 Å². The number of carbonyl (C=O) groups excluding carboxylic acids is 1. The second kappa shape index (κ2) is 10.1. The normalized spacial score (nSPS) is 13.7. The molecule has 25 heavy (non-hydrogen) atoms. The quantitative estimate of drug-likeness (QED) is 0.430. The number of ketones is 1. The van der Waals surface area contributed by atoms with Crippen LogP contribution in [0.4, 0.5) is 5.69 Å². The second-order valence-electron chi connectivity index (χ2n) is 6.12. The number of allylic oxidation sites excluding steroid dienone is 2. The summed E-state index contributed by atoms with van der Waals surface area (Å²) in [7, 11) is 1.63. The third kappa shape index (κ3) is 5.49. The van der Waals surface area contributed by atoms with E-state index in [4.69, 9.17) is 14.3 Å². The number of hydrogen-bond donors (Lipinski definition) is 0. The Hall–Kier alpha value is -2.01. The lowest BCUT2D eigenvalue weighted by Crippen LogP contribution is -2.23. The molecule has 1 aliphatic carbocycles. The molecule has 0 aliphatic heterocycles. The van der Waals surface area contributed by atoms with Crippen LogP contribution in [0.5, 0.6) is 11.5 Å². The van der Waals surface area contributed by atoms with E-state index < -0.39 is 0 Å². The van der Waals surface area contributed by atoms with Gasteiger partial charge in [-0.05, 0) is 31.4 Å². The largest absolute Gasteiger partial charge is 0.493 e. The molecule has 0 heterocycles. The van der Waals surface area contributed by atoms with Crippen molar-refractivity contribution in [3.05, 3.63) is 30.0 Å². The molecule has 0 fully saturated rings. The number of hydrogen-bond acceptors (Lipinski definition) is 5. The van der Waals surface area contributed by atoms with Gasteiger partial charge in [0.15, 0.2) is 17.3 Å². The molecule has 1 aliphatic rings. The predicted molar refractivity (Wildman–Crippen MR) is 99.1 cm³/mol. The minimum atomic E-state index is 0.145. The zero-order valence-corrected chi connectivity index (χ0v) is 15.5. The zero-order valence-electron chi connectivity index (χ0n) is 15.5. The highest BCUT2D eigenvalue weighted by molar-refractivity contribution is 5.93. The van der Waals surface area contributed by atoms with Crippen molar-refractivity contribution >= 4 is 11.5 Å². The average molecular weight is 347 g/mol. The average Bonchev–Trinajstić information content (AvgIpc) is 3.05. The first kappa shape index (κ1) is 19.3. The van der Waals surface area contributed by atoms with Crippen molar-refractivity contribution in [1.82, 2.24) is 0 Å². The maximum atomic E-state index is 11.7. The molecule has 0 bridgehead atoms. The molecule has 2 rings (SSSR count). The number of methoxy groups -OCH3 is 1. The van der Waals surface area contributed by atoms with E-state index in [-0.39, 0.29) is 5.78 Å². The third-order valence-electron chi connectivity index (χ3n) is 4.07. The standard InChI is InChI=1S/C20H29NO4/c1-4-6-12-24-20-15-17(9-11-19(20)23-3)21(25-13-7-5-2)16-8-10-18(22)14-16/h9,11,14-15H,4-8,10,12-13H2,1-3H3. The molecule has 1 aromatic carbocycles. The van der Waals surface area contributed by atoms with E-state index in [1.807, 2.05) is 18.2 Å². The molecule has 0 radical (unpaired) electrons. The summed E-state index contributed by atoms with van der Waals surface area (Å²) in [5.41, 5.74) is 1.75. The van der Waals surface area contributed by atoms with Crippen molar-refractivity contribution in [3.63, 3.8) is 0 Å². The highest BCUT2D eigenvalue weighted by Gasteiger charge is 2.21. The van der Waals surface area contributed by atoms with Crippen molar-refractivity contribution in [2.75, 3.05) is 25.4 Å². The van der Waals surface area contributed by atoms with Crippen molar-refractivity contribution in [1.29, 1.82) is 0 Å². The highest BCUT2D eigenvalue weighted by atomic mass is 16.7. The molecule has 0 N–H and O–H groups in total. The fraction of sp³-hybridized carbons (Fsp3) is 0.550. The molecule has 0 aromatic heterocycles. The summed E-state index contributed by atoms with van der Waals surface area (Å²) in [5, 5.41) is 1.77. The van der Waals surface area contributed by atoms with Crippen LogP contribution in [0.2, 0.25) is 0 Å². The summed E-state index contributed by atoms with van der Waals surface area (Å²) in [5.74, 6) is 1.54. The van der Waals surface area contributed by atoms with Gasteiger partial charge in [0.1, 0.15) is 0 Å². The Labute approximate surface area is 150 Å². The fourth-order valence-corrected chi connectivity index (χ4v) is 2.60. The van der Waals surface area contributed by atoms with Gasteiger partial charge in [0.05, 0.1) is 31.7 Å². The monoisotopic (exact) mass is 347 g/mol. The van der Waals surface area contributed by atoms with Gasteiger partial charge in [-0.15, -0.1) is 0 Å². The molecule has 138 valence electrons. The Morgan fingerprint density at radius 2 is 1.80 bits per heavy atom. The van der Waals surface area contributed by atoms with E-state index >= 15 is 0 Å². The number of carbonyl (C=O) groups is 1. The summed E-state index contributed by atoms with van der Waals surface area (Å²) in [6.07, 6.45) is 7.00. The summed E-state index contributed by atoms with van der Waals surface area (Å²) < 4.78 is 11.3. The van der Waals surface area contributed by atoms with Gasteiger partial charge in [0, 0.05) is 18.6 Å². The van der Waals surface area contributed by atoms with Crippen LogP contribution >= 0.6 is 0 Å². The van der Waals surface area contributed by atoms with Gasteiger partial charge in [0.2, 0.25) is 0 Å². The second-order valence-corrected chi connectivity index (χ2v) is 6.12. The number of ether oxygens (including phenoxy) is 2. The molecule has 0 saturated heterocycles.